The first-order valence-electron chi connectivity index (χ1n) is 10.6. The van der Waals surface area contributed by atoms with Gasteiger partial charge >= 0.3 is 11.8 Å². The van der Waals surface area contributed by atoms with E-state index in [9.17, 15) is 14.4 Å². The minimum Gasteiger partial charge on any atom is -0.484 e. The molecular formula is C26H26N4O4. The number of nitrogens with one attached hydrogen (secondary N) is 3. The van der Waals surface area contributed by atoms with Crippen molar-refractivity contribution in [3.05, 3.63) is 89.0 Å². The van der Waals surface area contributed by atoms with E-state index in [0.717, 1.165) is 22.4 Å². The lowest BCUT2D eigenvalue weighted by molar-refractivity contribution is -0.136. The van der Waals surface area contributed by atoms with Gasteiger partial charge in [0.05, 0.1) is 6.21 Å². The number of carbonyl (C=O) groups excluding carboxylic acids is 3. The summed E-state index contributed by atoms with van der Waals surface area (Å²) in [5.74, 6) is -1.53. The first-order valence-corrected chi connectivity index (χ1v) is 10.6. The van der Waals surface area contributed by atoms with E-state index in [2.05, 4.69) is 21.2 Å². The van der Waals surface area contributed by atoms with E-state index in [0.29, 0.717) is 17.0 Å². The van der Waals surface area contributed by atoms with Gasteiger partial charge in [0.2, 0.25) is 0 Å². The van der Waals surface area contributed by atoms with Crippen LogP contribution >= 0.6 is 0 Å². The molecule has 0 unspecified atom stereocenters. The Kier molecular flexibility index (Phi) is 8.12. The number of para-hydroxylation sites is 1. The van der Waals surface area contributed by atoms with Crippen molar-refractivity contribution in [2.24, 2.45) is 5.10 Å². The Labute approximate surface area is 198 Å². The number of rotatable bonds is 7. The maximum absolute atomic E-state index is 12.3. The smallest absolute Gasteiger partial charge is 0.329 e. The Morgan fingerprint density at radius 2 is 1.53 bits per heavy atom. The molecule has 0 bridgehead atoms. The number of nitrogens with zero attached hydrogens (tertiary/aromatic N) is 1. The van der Waals surface area contributed by atoms with Crippen LogP contribution in [-0.4, -0.2) is 30.5 Å². The van der Waals surface area contributed by atoms with E-state index in [1.807, 2.05) is 51.1 Å². The molecule has 0 atom stereocenters. The van der Waals surface area contributed by atoms with Crippen molar-refractivity contribution < 1.29 is 19.1 Å². The van der Waals surface area contributed by atoms with Gasteiger partial charge < -0.3 is 15.4 Å². The molecule has 8 nitrogen and oxygen atoms in total. The van der Waals surface area contributed by atoms with Crippen molar-refractivity contribution in [1.82, 2.24) is 5.43 Å². The minimum absolute atomic E-state index is 0.162. The summed E-state index contributed by atoms with van der Waals surface area (Å²) < 4.78 is 5.58. The van der Waals surface area contributed by atoms with Crippen LogP contribution in [0.2, 0.25) is 0 Å². The summed E-state index contributed by atoms with van der Waals surface area (Å²) >= 11 is 0. The summed E-state index contributed by atoms with van der Waals surface area (Å²) in [4.78, 5) is 36.2. The molecule has 3 rings (SSSR count). The predicted octanol–water partition coefficient (Wildman–Crippen LogP) is 3.72. The zero-order valence-electron chi connectivity index (χ0n) is 19.2. The average molecular weight is 459 g/mol. The number of hydrazone groups is 1. The van der Waals surface area contributed by atoms with Gasteiger partial charge in [-0.05, 0) is 61.7 Å². The zero-order chi connectivity index (χ0) is 24.5. The van der Waals surface area contributed by atoms with E-state index in [1.54, 1.807) is 36.4 Å². The number of anilines is 2. The molecule has 0 saturated heterocycles. The van der Waals surface area contributed by atoms with Crippen LogP contribution in [0.1, 0.15) is 22.3 Å². The molecule has 0 aliphatic carbocycles. The highest BCUT2D eigenvalue weighted by Crippen LogP contribution is 2.19. The second kappa shape index (κ2) is 11.4. The quantitative estimate of drug-likeness (QED) is 0.285. The SMILES string of the molecule is Cc1ccc(NC(=O)C(=O)N/N=C\c2cccc(OCC(=O)Nc3c(C)cccc3C)c2)cc1. The molecular weight excluding hydrogens is 432 g/mol. The molecule has 0 aromatic heterocycles. The summed E-state index contributed by atoms with van der Waals surface area (Å²) in [5, 5.41) is 9.17. The Hall–Kier alpha value is -4.46. The third kappa shape index (κ3) is 7.03. The fourth-order valence-corrected chi connectivity index (χ4v) is 3.06. The summed E-state index contributed by atoms with van der Waals surface area (Å²) in [7, 11) is 0. The molecule has 3 amide bonds. The lowest BCUT2D eigenvalue weighted by Crippen LogP contribution is -2.32. The Bertz CT molecular complexity index is 1200. The molecule has 3 aromatic rings. The van der Waals surface area contributed by atoms with Gasteiger partial charge in [0.1, 0.15) is 5.75 Å². The third-order valence-electron chi connectivity index (χ3n) is 4.87. The van der Waals surface area contributed by atoms with Gasteiger partial charge in [-0.3, -0.25) is 14.4 Å². The molecule has 0 heterocycles. The molecule has 3 N–H and O–H groups in total. The number of hydrogen-bond donors (Lipinski definition) is 3. The van der Waals surface area contributed by atoms with Crippen molar-refractivity contribution in [3.63, 3.8) is 0 Å². The molecule has 0 spiro atoms. The maximum atomic E-state index is 12.3. The van der Waals surface area contributed by atoms with Crippen LogP contribution < -0.4 is 20.8 Å². The minimum atomic E-state index is -0.896. The first-order chi connectivity index (χ1) is 16.3. The molecule has 0 radical (unpaired) electrons. The van der Waals surface area contributed by atoms with Crippen LogP contribution in [0.4, 0.5) is 11.4 Å². The average Bonchev–Trinajstić information content (AvgIpc) is 2.82. The normalized spacial score (nSPS) is 10.6. The van der Waals surface area contributed by atoms with Crippen LogP contribution in [0.25, 0.3) is 0 Å². The summed E-state index contributed by atoms with van der Waals surface area (Å²) in [5.41, 5.74) is 7.08. The first kappa shape index (κ1) is 24.2. The number of aryl methyl sites for hydroxylation is 3. The van der Waals surface area contributed by atoms with Crippen molar-refractivity contribution in [2.75, 3.05) is 17.2 Å². The molecule has 3 aromatic carbocycles. The fourth-order valence-electron chi connectivity index (χ4n) is 3.06. The highest BCUT2D eigenvalue weighted by atomic mass is 16.5. The maximum Gasteiger partial charge on any atom is 0.329 e. The van der Waals surface area contributed by atoms with Gasteiger partial charge in [0.25, 0.3) is 5.91 Å². The Morgan fingerprint density at radius 3 is 2.24 bits per heavy atom. The van der Waals surface area contributed by atoms with Gasteiger partial charge in [0, 0.05) is 11.4 Å². The zero-order valence-corrected chi connectivity index (χ0v) is 19.2. The Morgan fingerprint density at radius 1 is 0.853 bits per heavy atom. The van der Waals surface area contributed by atoms with Crippen molar-refractivity contribution >= 4 is 35.3 Å². The van der Waals surface area contributed by atoms with Crippen molar-refractivity contribution in [2.45, 2.75) is 20.8 Å². The second-order valence-corrected chi connectivity index (χ2v) is 7.70. The summed E-state index contributed by atoms with van der Waals surface area (Å²) in [6.45, 7) is 5.62. The molecule has 0 aliphatic rings. The van der Waals surface area contributed by atoms with Crippen LogP contribution in [-0.2, 0) is 14.4 Å². The topological polar surface area (TPSA) is 109 Å². The summed E-state index contributed by atoms with van der Waals surface area (Å²) in [6, 6.07) is 19.7. The van der Waals surface area contributed by atoms with E-state index in [1.165, 1.54) is 6.21 Å². The van der Waals surface area contributed by atoms with Gasteiger partial charge in [-0.25, -0.2) is 5.43 Å². The highest BCUT2D eigenvalue weighted by Gasteiger charge is 2.12. The number of carbonyl (C=O) groups is 3. The van der Waals surface area contributed by atoms with Crippen molar-refractivity contribution in [3.8, 4) is 5.75 Å². The molecule has 8 heteroatoms. The number of amides is 3. The largest absolute Gasteiger partial charge is 0.484 e. The van der Waals surface area contributed by atoms with Gasteiger partial charge in [-0.2, -0.15) is 5.10 Å². The highest BCUT2D eigenvalue weighted by molar-refractivity contribution is 6.39. The molecule has 34 heavy (non-hydrogen) atoms. The lowest BCUT2D eigenvalue weighted by atomic mass is 10.1. The second-order valence-electron chi connectivity index (χ2n) is 7.70. The molecule has 0 fully saturated rings. The standard InChI is InChI=1S/C26H26N4O4/c1-17-10-12-21(13-11-17)28-25(32)26(33)30-27-15-20-8-5-9-22(14-20)34-16-23(31)29-24-18(2)6-4-7-19(24)3/h4-15H,16H2,1-3H3,(H,28,32)(H,29,31)(H,30,33)/b27-15-. The molecule has 0 saturated carbocycles. The Balaban J connectivity index is 1.49. The number of hydrogen-bond acceptors (Lipinski definition) is 5. The van der Waals surface area contributed by atoms with E-state index >= 15 is 0 Å². The number of benzene rings is 3. The van der Waals surface area contributed by atoms with Gasteiger partial charge in [-0.15, -0.1) is 0 Å². The fraction of sp³-hybridized carbons (Fsp3) is 0.154. The predicted molar refractivity (Wildman–Crippen MR) is 132 cm³/mol. The van der Waals surface area contributed by atoms with Crippen LogP contribution in [0, 0.1) is 20.8 Å². The van der Waals surface area contributed by atoms with Crippen LogP contribution in [0.3, 0.4) is 0 Å². The van der Waals surface area contributed by atoms with Crippen LogP contribution in [0.5, 0.6) is 5.75 Å². The van der Waals surface area contributed by atoms with Crippen LogP contribution in [0.15, 0.2) is 71.8 Å². The third-order valence-corrected chi connectivity index (χ3v) is 4.87. The van der Waals surface area contributed by atoms with E-state index in [-0.39, 0.29) is 12.5 Å². The van der Waals surface area contributed by atoms with Crippen molar-refractivity contribution in [1.29, 1.82) is 0 Å². The van der Waals surface area contributed by atoms with E-state index in [4.69, 9.17) is 4.74 Å². The van der Waals surface area contributed by atoms with Gasteiger partial charge in [-0.1, -0.05) is 48.0 Å². The summed E-state index contributed by atoms with van der Waals surface area (Å²) in [6.07, 6.45) is 1.38. The molecule has 0 aliphatic heterocycles. The number of ether oxygens (including phenoxy) is 1. The lowest BCUT2D eigenvalue weighted by Gasteiger charge is -2.12. The monoisotopic (exact) mass is 458 g/mol. The van der Waals surface area contributed by atoms with E-state index < -0.39 is 11.8 Å². The molecule has 174 valence electrons. The van der Waals surface area contributed by atoms with Gasteiger partial charge in [0.15, 0.2) is 6.61 Å².